The molecule has 0 N–H and O–H groups in total. The Bertz CT molecular complexity index is 567. The van der Waals surface area contributed by atoms with Crippen molar-refractivity contribution in [2.75, 3.05) is 0 Å². The number of hydrogen-bond donors (Lipinski definition) is 0. The predicted molar refractivity (Wildman–Crippen MR) is 66.3 cm³/mol. The molecule has 2 aromatic heterocycles. The van der Waals surface area contributed by atoms with E-state index in [2.05, 4.69) is 29.7 Å². The Morgan fingerprint density at radius 1 is 1.53 bits per heavy atom. The fourth-order valence-corrected chi connectivity index (χ4v) is 2.60. The monoisotopic (exact) mass is 228 g/mol. The van der Waals surface area contributed by atoms with Gasteiger partial charge in [0, 0.05) is 18.5 Å². The summed E-state index contributed by atoms with van der Waals surface area (Å²) in [5.41, 5.74) is 3.25. The van der Waals surface area contributed by atoms with Crippen molar-refractivity contribution in [3.8, 4) is 0 Å². The maximum Gasteiger partial charge on any atom is 0.126 e. The van der Waals surface area contributed by atoms with Crippen molar-refractivity contribution in [2.24, 2.45) is 0 Å². The lowest BCUT2D eigenvalue weighted by Gasteiger charge is -2.24. The number of aromatic nitrogens is 2. The number of hydrogen-bond acceptors (Lipinski definition) is 2. The zero-order valence-corrected chi connectivity index (χ0v) is 10.0. The van der Waals surface area contributed by atoms with Gasteiger partial charge in [0.2, 0.25) is 0 Å². The van der Waals surface area contributed by atoms with Gasteiger partial charge < -0.3 is 9.20 Å². The molecule has 0 aliphatic heterocycles. The van der Waals surface area contributed by atoms with Gasteiger partial charge in [-0.15, -0.1) is 0 Å². The van der Waals surface area contributed by atoms with Crippen LogP contribution in [0.3, 0.4) is 0 Å². The van der Waals surface area contributed by atoms with Crippen molar-refractivity contribution in [2.45, 2.75) is 38.5 Å². The molecule has 1 fully saturated rings. The molecule has 0 unspecified atom stereocenters. The first-order valence-corrected chi connectivity index (χ1v) is 6.21. The van der Waals surface area contributed by atoms with Crippen molar-refractivity contribution >= 4 is 11.8 Å². The Hall–Kier alpha value is -1.64. The van der Waals surface area contributed by atoms with Crippen molar-refractivity contribution in [3.05, 3.63) is 35.4 Å². The summed E-state index contributed by atoms with van der Waals surface area (Å²) in [6.45, 7) is 2.08. The molecule has 1 saturated carbocycles. The summed E-state index contributed by atoms with van der Waals surface area (Å²) in [6, 6.07) is 4.13. The topological polar surface area (TPSA) is 34.4 Å². The fraction of sp³-hybridized carbons (Fsp3) is 0.429. The molecule has 0 aromatic carbocycles. The Labute approximate surface area is 100 Å². The van der Waals surface area contributed by atoms with E-state index in [0.29, 0.717) is 12.3 Å². The van der Waals surface area contributed by atoms with Crippen LogP contribution in [0.15, 0.2) is 18.3 Å². The van der Waals surface area contributed by atoms with Gasteiger partial charge in [0.25, 0.3) is 0 Å². The van der Waals surface area contributed by atoms with Crippen molar-refractivity contribution in [3.63, 3.8) is 0 Å². The highest BCUT2D eigenvalue weighted by Gasteiger charge is 2.25. The van der Waals surface area contributed by atoms with E-state index in [-0.39, 0.29) is 0 Å². The van der Waals surface area contributed by atoms with Crippen LogP contribution in [0.4, 0.5) is 0 Å². The Kier molecular flexibility index (Phi) is 2.46. The minimum Gasteiger partial charge on any atom is -0.303 e. The lowest BCUT2D eigenvalue weighted by atomic mass is 9.85. The van der Waals surface area contributed by atoms with Crippen molar-refractivity contribution < 1.29 is 4.79 Å². The van der Waals surface area contributed by atoms with Gasteiger partial charge in [0.05, 0.1) is 11.2 Å². The minimum atomic E-state index is 0.418. The first kappa shape index (κ1) is 10.5. The second-order valence-corrected chi connectivity index (χ2v) is 4.83. The molecule has 3 nitrogen and oxygen atoms in total. The van der Waals surface area contributed by atoms with Crippen LogP contribution in [-0.2, 0) is 11.2 Å². The highest BCUT2D eigenvalue weighted by molar-refractivity contribution is 5.66. The predicted octanol–water partition coefficient (Wildman–Crippen LogP) is 2.65. The molecule has 0 amide bonds. The summed E-state index contributed by atoms with van der Waals surface area (Å²) >= 11 is 0. The van der Waals surface area contributed by atoms with E-state index < -0.39 is 0 Å². The van der Waals surface area contributed by atoms with Gasteiger partial charge >= 0.3 is 0 Å². The number of nitrogens with zero attached hydrogens (tertiary/aromatic N) is 2. The van der Waals surface area contributed by atoms with Crippen LogP contribution >= 0.6 is 0 Å². The third-order valence-electron chi connectivity index (χ3n) is 3.71. The molecule has 0 bridgehead atoms. The van der Waals surface area contributed by atoms with E-state index >= 15 is 0 Å². The highest BCUT2D eigenvalue weighted by atomic mass is 16.1. The molecule has 1 aliphatic rings. The van der Waals surface area contributed by atoms with Gasteiger partial charge in [0.1, 0.15) is 12.1 Å². The van der Waals surface area contributed by atoms with E-state index in [1.807, 2.05) is 0 Å². The molecule has 0 saturated heterocycles. The summed E-state index contributed by atoms with van der Waals surface area (Å²) in [7, 11) is 0. The Morgan fingerprint density at radius 3 is 3.00 bits per heavy atom. The molecule has 1 aliphatic carbocycles. The Balaban J connectivity index is 2.22. The molecule has 3 rings (SSSR count). The van der Waals surface area contributed by atoms with E-state index in [1.54, 1.807) is 0 Å². The fourth-order valence-electron chi connectivity index (χ4n) is 2.60. The Morgan fingerprint density at radius 2 is 2.35 bits per heavy atom. The molecule has 17 heavy (non-hydrogen) atoms. The molecule has 88 valence electrons. The number of aldehydes is 1. The maximum absolute atomic E-state index is 10.7. The normalized spacial score (nSPS) is 16.1. The summed E-state index contributed by atoms with van der Waals surface area (Å²) in [4.78, 5) is 15.4. The summed E-state index contributed by atoms with van der Waals surface area (Å²) < 4.78 is 2.18. The van der Waals surface area contributed by atoms with Crippen molar-refractivity contribution in [1.29, 1.82) is 0 Å². The number of pyridine rings is 1. The second kappa shape index (κ2) is 3.99. The number of imidazole rings is 1. The van der Waals surface area contributed by atoms with Crippen LogP contribution in [0.1, 0.15) is 42.3 Å². The van der Waals surface area contributed by atoms with Gasteiger partial charge in [-0.05, 0) is 31.4 Å². The van der Waals surface area contributed by atoms with E-state index in [1.165, 1.54) is 24.8 Å². The number of aryl methyl sites for hydroxylation is 1. The van der Waals surface area contributed by atoms with Gasteiger partial charge in [-0.2, -0.15) is 0 Å². The molecule has 2 aromatic rings. The quantitative estimate of drug-likeness (QED) is 0.757. The van der Waals surface area contributed by atoms with Crippen LogP contribution in [0.5, 0.6) is 0 Å². The number of fused-ring (bicyclic) bond motifs is 1. The second-order valence-electron chi connectivity index (χ2n) is 4.83. The van der Waals surface area contributed by atoms with Crippen LogP contribution in [-0.4, -0.2) is 15.7 Å². The van der Waals surface area contributed by atoms with Gasteiger partial charge in [-0.25, -0.2) is 4.98 Å². The molecule has 0 radical (unpaired) electrons. The maximum atomic E-state index is 10.7. The molecule has 0 spiro atoms. The van der Waals surface area contributed by atoms with Crippen LogP contribution in [0, 0.1) is 6.92 Å². The summed E-state index contributed by atoms with van der Waals surface area (Å²) in [5.74, 6) is 1.73. The van der Waals surface area contributed by atoms with E-state index in [9.17, 15) is 4.79 Å². The zero-order valence-electron chi connectivity index (χ0n) is 10.0. The van der Waals surface area contributed by atoms with Crippen LogP contribution < -0.4 is 0 Å². The SMILES string of the molecule is Cc1cccn2c(C3CCC3)nc(CC=O)c12. The lowest BCUT2D eigenvalue weighted by Crippen LogP contribution is -2.12. The lowest BCUT2D eigenvalue weighted by molar-refractivity contribution is -0.107. The van der Waals surface area contributed by atoms with Crippen molar-refractivity contribution in [1.82, 2.24) is 9.38 Å². The largest absolute Gasteiger partial charge is 0.303 e. The summed E-state index contributed by atoms with van der Waals surface area (Å²) in [5, 5.41) is 0. The first-order valence-electron chi connectivity index (χ1n) is 6.21. The van der Waals surface area contributed by atoms with E-state index in [0.717, 1.165) is 23.3 Å². The van der Waals surface area contributed by atoms with Gasteiger partial charge in [-0.1, -0.05) is 12.5 Å². The minimum absolute atomic E-state index is 0.418. The molecule has 3 heteroatoms. The number of carbonyl (C=O) groups is 1. The number of rotatable bonds is 3. The first-order chi connectivity index (χ1) is 8.31. The smallest absolute Gasteiger partial charge is 0.126 e. The molecule has 0 atom stereocenters. The number of carbonyl (C=O) groups excluding carboxylic acids is 1. The molecular formula is C14H16N2O. The average molecular weight is 228 g/mol. The van der Waals surface area contributed by atoms with Crippen LogP contribution in [0.2, 0.25) is 0 Å². The third-order valence-corrected chi connectivity index (χ3v) is 3.71. The molecule has 2 heterocycles. The van der Waals surface area contributed by atoms with Crippen LogP contribution in [0.25, 0.3) is 5.52 Å². The standard InChI is InChI=1S/C14H16N2O/c1-10-4-3-8-16-13(10)12(7-9-17)15-14(16)11-5-2-6-11/h3-4,8-9,11H,2,5-7H2,1H3. The highest BCUT2D eigenvalue weighted by Crippen LogP contribution is 2.36. The van der Waals surface area contributed by atoms with Gasteiger partial charge in [-0.3, -0.25) is 0 Å². The zero-order chi connectivity index (χ0) is 11.8. The average Bonchev–Trinajstić information content (AvgIpc) is 2.57. The van der Waals surface area contributed by atoms with Gasteiger partial charge in [0.15, 0.2) is 0 Å². The van der Waals surface area contributed by atoms with E-state index in [4.69, 9.17) is 4.98 Å². The molecular weight excluding hydrogens is 212 g/mol. The summed E-state index contributed by atoms with van der Waals surface area (Å²) in [6.07, 6.45) is 7.19. The third kappa shape index (κ3) is 1.57.